The van der Waals surface area contributed by atoms with Crippen molar-refractivity contribution in [2.75, 3.05) is 18.6 Å². The van der Waals surface area contributed by atoms with Crippen molar-refractivity contribution in [1.82, 2.24) is 9.66 Å². The van der Waals surface area contributed by atoms with E-state index in [9.17, 15) is 4.79 Å². The molecule has 0 radical (unpaired) electrons. The number of hydrogen-bond acceptors (Lipinski definition) is 3. The molecule has 0 saturated carbocycles. The van der Waals surface area contributed by atoms with Gasteiger partial charge in [-0.15, -0.1) is 0 Å². The zero-order chi connectivity index (χ0) is 12.4. The van der Waals surface area contributed by atoms with E-state index in [-0.39, 0.29) is 5.56 Å². The SMILES string of the molecule is CCc1cc2cccnc2n(N(C)CC)c1=O. The molecule has 0 bridgehead atoms. The smallest absolute Gasteiger partial charge is 0.274 e. The molecule has 0 amide bonds. The second-order valence-corrected chi connectivity index (χ2v) is 4.03. The molecule has 0 fully saturated rings. The third-order valence-corrected chi connectivity index (χ3v) is 2.99. The molecule has 0 aromatic carbocycles. The van der Waals surface area contributed by atoms with Gasteiger partial charge in [-0.1, -0.05) is 6.92 Å². The van der Waals surface area contributed by atoms with Crippen LogP contribution in [0.3, 0.4) is 0 Å². The van der Waals surface area contributed by atoms with Crippen LogP contribution in [0.1, 0.15) is 19.4 Å². The summed E-state index contributed by atoms with van der Waals surface area (Å²) in [6, 6.07) is 5.81. The van der Waals surface area contributed by atoms with E-state index >= 15 is 0 Å². The summed E-state index contributed by atoms with van der Waals surface area (Å²) in [5, 5.41) is 2.89. The second-order valence-electron chi connectivity index (χ2n) is 4.03. The first-order valence-corrected chi connectivity index (χ1v) is 5.90. The van der Waals surface area contributed by atoms with E-state index in [0.29, 0.717) is 0 Å². The third kappa shape index (κ3) is 1.90. The first-order valence-electron chi connectivity index (χ1n) is 5.90. The minimum absolute atomic E-state index is 0.0306. The summed E-state index contributed by atoms with van der Waals surface area (Å²) in [7, 11) is 1.90. The number of fused-ring (bicyclic) bond motifs is 1. The van der Waals surface area contributed by atoms with Gasteiger partial charge in [-0.05, 0) is 31.5 Å². The lowest BCUT2D eigenvalue weighted by atomic mass is 10.2. The molecule has 0 spiro atoms. The molecule has 90 valence electrons. The van der Waals surface area contributed by atoms with E-state index in [1.807, 2.05) is 44.1 Å². The van der Waals surface area contributed by atoms with Gasteiger partial charge < -0.3 is 5.01 Å². The van der Waals surface area contributed by atoms with Gasteiger partial charge >= 0.3 is 0 Å². The van der Waals surface area contributed by atoms with Crippen LogP contribution in [0, 0.1) is 0 Å². The molecule has 0 N–H and O–H groups in total. The Morgan fingerprint density at radius 1 is 1.41 bits per heavy atom. The van der Waals surface area contributed by atoms with Crippen LogP contribution in [-0.4, -0.2) is 23.3 Å². The highest BCUT2D eigenvalue weighted by atomic mass is 16.1. The minimum atomic E-state index is 0.0306. The molecule has 4 heteroatoms. The Kier molecular flexibility index (Phi) is 3.13. The molecule has 0 aliphatic carbocycles. The normalized spacial score (nSPS) is 10.8. The second kappa shape index (κ2) is 4.57. The highest BCUT2D eigenvalue weighted by Gasteiger charge is 2.10. The molecular formula is C13H17N3O. The molecule has 2 aromatic heterocycles. The monoisotopic (exact) mass is 231 g/mol. The Morgan fingerprint density at radius 2 is 2.18 bits per heavy atom. The number of aromatic nitrogens is 2. The zero-order valence-electron chi connectivity index (χ0n) is 10.5. The van der Waals surface area contributed by atoms with Gasteiger partial charge in [-0.25, -0.2) is 9.66 Å². The topological polar surface area (TPSA) is 38.1 Å². The lowest BCUT2D eigenvalue weighted by Crippen LogP contribution is -2.40. The number of nitrogens with zero attached hydrogens (tertiary/aromatic N) is 3. The third-order valence-electron chi connectivity index (χ3n) is 2.99. The standard InChI is InChI=1S/C13H17N3O/c1-4-10-9-11-7-6-8-14-12(11)16(13(10)17)15(3)5-2/h6-9H,4-5H2,1-3H3. The first-order chi connectivity index (χ1) is 8.19. The molecule has 0 aliphatic rings. The molecule has 4 nitrogen and oxygen atoms in total. The van der Waals surface area contributed by atoms with Gasteiger partial charge in [0.15, 0.2) is 5.65 Å². The van der Waals surface area contributed by atoms with Gasteiger partial charge in [0.25, 0.3) is 5.56 Å². The van der Waals surface area contributed by atoms with E-state index in [2.05, 4.69) is 4.98 Å². The molecule has 17 heavy (non-hydrogen) atoms. The maximum atomic E-state index is 12.3. The summed E-state index contributed by atoms with van der Waals surface area (Å²) in [6.45, 7) is 4.77. The van der Waals surface area contributed by atoms with Gasteiger partial charge in [0, 0.05) is 30.7 Å². The number of aryl methyl sites for hydroxylation is 1. The van der Waals surface area contributed by atoms with Gasteiger partial charge in [0.2, 0.25) is 0 Å². The number of rotatable bonds is 3. The van der Waals surface area contributed by atoms with E-state index < -0.39 is 0 Å². The van der Waals surface area contributed by atoms with Crippen LogP contribution in [0.15, 0.2) is 29.2 Å². The van der Waals surface area contributed by atoms with Gasteiger partial charge in [-0.2, -0.15) is 0 Å². The van der Waals surface area contributed by atoms with E-state index in [0.717, 1.165) is 29.6 Å². The van der Waals surface area contributed by atoms with Crippen LogP contribution in [-0.2, 0) is 6.42 Å². The Labute approximate surface area is 100 Å². The molecule has 2 heterocycles. The zero-order valence-corrected chi connectivity index (χ0v) is 10.5. The van der Waals surface area contributed by atoms with Crippen LogP contribution in [0.25, 0.3) is 11.0 Å². The van der Waals surface area contributed by atoms with Crippen molar-refractivity contribution in [3.63, 3.8) is 0 Å². The van der Waals surface area contributed by atoms with Gasteiger partial charge in [0.05, 0.1) is 0 Å². The average molecular weight is 231 g/mol. The van der Waals surface area contributed by atoms with Crippen LogP contribution >= 0.6 is 0 Å². The number of hydrogen-bond donors (Lipinski definition) is 0. The van der Waals surface area contributed by atoms with Crippen molar-refractivity contribution in [3.8, 4) is 0 Å². The van der Waals surface area contributed by atoms with Crippen LogP contribution < -0.4 is 10.6 Å². The molecule has 0 unspecified atom stereocenters. The van der Waals surface area contributed by atoms with E-state index in [1.54, 1.807) is 10.9 Å². The van der Waals surface area contributed by atoms with Crippen molar-refractivity contribution in [2.24, 2.45) is 0 Å². The van der Waals surface area contributed by atoms with Crippen molar-refractivity contribution < 1.29 is 0 Å². The van der Waals surface area contributed by atoms with Gasteiger partial charge in [0.1, 0.15) is 0 Å². The predicted molar refractivity (Wildman–Crippen MR) is 70.1 cm³/mol. The minimum Gasteiger partial charge on any atom is -0.311 e. The van der Waals surface area contributed by atoms with Crippen LogP contribution in [0.4, 0.5) is 0 Å². The number of pyridine rings is 2. The lowest BCUT2D eigenvalue weighted by molar-refractivity contribution is 0.659. The highest BCUT2D eigenvalue weighted by molar-refractivity contribution is 5.75. The molecule has 0 saturated heterocycles. The van der Waals surface area contributed by atoms with Crippen molar-refractivity contribution in [1.29, 1.82) is 0 Å². The predicted octanol–water partition coefficient (Wildman–Crippen LogP) is 1.55. The fourth-order valence-corrected chi connectivity index (χ4v) is 1.89. The summed E-state index contributed by atoms with van der Waals surface area (Å²) < 4.78 is 1.66. The summed E-state index contributed by atoms with van der Waals surface area (Å²) in [4.78, 5) is 16.6. The fraction of sp³-hybridized carbons (Fsp3) is 0.385. The Morgan fingerprint density at radius 3 is 2.82 bits per heavy atom. The average Bonchev–Trinajstić information content (AvgIpc) is 2.37. The van der Waals surface area contributed by atoms with E-state index in [4.69, 9.17) is 0 Å². The van der Waals surface area contributed by atoms with Crippen LogP contribution in [0.2, 0.25) is 0 Å². The molecule has 0 atom stereocenters. The highest BCUT2D eigenvalue weighted by Crippen LogP contribution is 2.11. The maximum Gasteiger partial charge on any atom is 0.274 e. The van der Waals surface area contributed by atoms with E-state index in [1.165, 1.54) is 0 Å². The Hall–Kier alpha value is -1.84. The molecule has 2 aromatic rings. The Bertz CT molecular complexity index is 589. The molecule has 2 rings (SSSR count). The van der Waals surface area contributed by atoms with Crippen molar-refractivity contribution in [2.45, 2.75) is 20.3 Å². The summed E-state index contributed by atoms with van der Waals surface area (Å²) in [6.07, 6.45) is 2.45. The maximum absolute atomic E-state index is 12.3. The van der Waals surface area contributed by atoms with Crippen molar-refractivity contribution >= 4 is 11.0 Å². The largest absolute Gasteiger partial charge is 0.311 e. The summed E-state index contributed by atoms with van der Waals surface area (Å²) in [5.74, 6) is 0. The first kappa shape index (κ1) is 11.6. The van der Waals surface area contributed by atoms with Crippen molar-refractivity contribution in [3.05, 3.63) is 40.3 Å². The lowest BCUT2D eigenvalue weighted by Gasteiger charge is -2.21. The van der Waals surface area contributed by atoms with Crippen LogP contribution in [0.5, 0.6) is 0 Å². The van der Waals surface area contributed by atoms with Gasteiger partial charge in [-0.3, -0.25) is 4.79 Å². The molecule has 0 aliphatic heterocycles. The summed E-state index contributed by atoms with van der Waals surface area (Å²) in [5.41, 5.74) is 1.58. The quantitative estimate of drug-likeness (QED) is 0.804. The summed E-state index contributed by atoms with van der Waals surface area (Å²) >= 11 is 0. The Balaban J connectivity index is 2.85. The fourth-order valence-electron chi connectivity index (χ4n) is 1.89. The molecular weight excluding hydrogens is 214 g/mol.